The maximum atomic E-state index is 12.2. The number of methoxy groups -OCH3 is 1. The van der Waals surface area contributed by atoms with E-state index in [0.717, 1.165) is 11.1 Å². The summed E-state index contributed by atoms with van der Waals surface area (Å²) in [6, 6.07) is 16.3. The van der Waals surface area contributed by atoms with Crippen LogP contribution in [0.15, 0.2) is 60.3 Å². The lowest BCUT2D eigenvalue weighted by molar-refractivity contribution is -0.136. The summed E-state index contributed by atoms with van der Waals surface area (Å²) in [6.07, 6.45) is 1.58. The van der Waals surface area contributed by atoms with Crippen molar-refractivity contribution in [2.45, 2.75) is 6.92 Å². The molecule has 22 heavy (non-hydrogen) atoms. The van der Waals surface area contributed by atoms with Crippen molar-refractivity contribution in [2.75, 3.05) is 7.11 Å². The van der Waals surface area contributed by atoms with Gasteiger partial charge in [-0.2, -0.15) is 0 Å². The van der Waals surface area contributed by atoms with Gasteiger partial charge in [0.15, 0.2) is 0 Å². The number of hydrogen-bond donors (Lipinski definition) is 1. The van der Waals surface area contributed by atoms with E-state index in [2.05, 4.69) is 5.32 Å². The Balaban J connectivity index is 2.24. The quantitative estimate of drug-likeness (QED) is 0.697. The van der Waals surface area contributed by atoms with Gasteiger partial charge in [-0.3, -0.25) is 4.79 Å². The van der Waals surface area contributed by atoms with Gasteiger partial charge < -0.3 is 10.1 Å². The number of amides is 1. The van der Waals surface area contributed by atoms with Crippen molar-refractivity contribution in [1.29, 1.82) is 0 Å². The predicted octanol–water partition coefficient (Wildman–Crippen LogP) is 2.94. The molecule has 1 N–H and O–H groups in total. The molecule has 0 fully saturated rings. The van der Waals surface area contributed by atoms with Crippen LogP contribution in [-0.2, 0) is 9.53 Å². The van der Waals surface area contributed by atoms with E-state index >= 15 is 0 Å². The normalized spacial score (nSPS) is 10.9. The Kier molecular flexibility index (Phi) is 5.09. The lowest BCUT2D eigenvalue weighted by Crippen LogP contribution is -2.28. The van der Waals surface area contributed by atoms with Crippen molar-refractivity contribution in [2.24, 2.45) is 0 Å². The second-order valence-corrected chi connectivity index (χ2v) is 4.78. The smallest absolute Gasteiger partial charge is 0.354 e. The molecule has 0 saturated carbocycles. The number of benzene rings is 2. The summed E-state index contributed by atoms with van der Waals surface area (Å²) in [4.78, 5) is 24.0. The van der Waals surface area contributed by atoms with Gasteiger partial charge in [0.25, 0.3) is 5.91 Å². The summed E-state index contributed by atoms with van der Waals surface area (Å²) >= 11 is 0. The Bertz CT molecular complexity index is 688. The largest absolute Gasteiger partial charge is 0.464 e. The van der Waals surface area contributed by atoms with Crippen LogP contribution in [0, 0.1) is 6.92 Å². The fourth-order valence-corrected chi connectivity index (χ4v) is 1.87. The third-order valence-corrected chi connectivity index (χ3v) is 3.08. The summed E-state index contributed by atoms with van der Waals surface area (Å²) in [7, 11) is 1.28. The number of hydrogen-bond acceptors (Lipinski definition) is 3. The molecule has 1 amide bonds. The molecule has 0 atom stereocenters. The topological polar surface area (TPSA) is 55.4 Å². The van der Waals surface area contributed by atoms with E-state index in [4.69, 9.17) is 4.74 Å². The van der Waals surface area contributed by atoms with Crippen molar-refractivity contribution in [1.82, 2.24) is 5.32 Å². The standard InChI is InChI=1S/C18H17NO3/c1-13-8-10-15(11-9-13)17(20)19-16(18(21)22-2)12-14-6-4-3-5-7-14/h3-12H,1-2H3,(H,19,20). The molecule has 2 aromatic carbocycles. The van der Waals surface area contributed by atoms with Gasteiger partial charge in [0.1, 0.15) is 5.70 Å². The average molecular weight is 295 g/mol. The van der Waals surface area contributed by atoms with E-state index in [1.807, 2.05) is 49.4 Å². The molecule has 0 heterocycles. The summed E-state index contributed by atoms with van der Waals surface area (Å²) in [5, 5.41) is 2.60. The zero-order chi connectivity index (χ0) is 15.9. The molecular formula is C18H17NO3. The lowest BCUT2D eigenvalue weighted by Gasteiger charge is -2.08. The molecule has 0 aromatic heterocycles. The van der Waals surface area contributed by atoms with Crippen molar-refractivity contribution in [3.63, 3.8) is 0 Å². The summed E-state index contributed by atoms with van der Waals surface area (Å²) < 4.78 is 4.72. The Morgan fingerprint density at radius 1 is 1.00 bits per heavy atom. The molecule has 0 spiro atoms. The average Bonchev–Trinajstić information content (AvgIpc) is 2.55. The Hall–Kier alpha value is -2.88. The van der Waals surface area contributed by atoms with Crippen LogP contribution in [0.2, 0.25) is 0 Å². The van der Waals surface area contributed by atoms with E-state index in [9.17, 15) is 9.59 Å². The second kappa shape index (κ2) is 7.22. The van der Waals surface area contributed by atoms with Gasteiger partial charge in [-0.1, -0.05) is 48.0 Å². The zero-order valence-electron chi connectivity index (χ0n) is 12.5. The van der Waals surface area contributed by atoms with E-state index in [1.54, 1.807) is 18.2 Å². The molecule has 0 radical (unpaired) electrons. The Morgan fingerprint density at radius 2 is 1.64 bits per heavy atom. The highest BCUT2D eigenvalue weighted by Gasteiger charge is 2.14. The molecule has 2 aromatic rings. The molecule has 0 aliphatic carbocycles. The Morgan fingerprint density at radius 3 is 2.23 bits per heavy atom. The molecule has 4 heteroatoms. The van der Waals surface area contributed by atoms with Gasteiger partial charge in [-0.25, -0.2) is 4.79 Å². The zero-order valence-corrected chi connectivity index (χ0v) is 12.5. The first-order chi connectivity index (χ1) is 10.6. The number of esters is 1. The summed E-state index contributed by atoms with van der Waals surface area (Å²) in [5.41, 5.74) is 2.43. The highest BCUT2D eigenvalue weighted by Crippen LogP contribution is 2.08. The number of rotatable bonds is 4. The number of nitrogens with one attached hydrogen (secondary N) is 1. The van der Waals surface area contributed by atoms with Crippen molar-refractivity contribution >= 4 is 18.0 Å². The minimum absolute atomic E-state index is 0.0966. The van der Waals surface area contributed by atoms with Crippen LogP contribution in [0.5, 0.6) is 0 Å². The molecule has 0 bridgehead atoms. The summed E-state index contributed by atoms with van der Waals surface area (Å²) in [5.74, 6) is -0.947. The first kappa shape index (κ1) is 15.5. The number of carbonyl (C=O) groups is 2. The van der Waals surface area contributed by atoms with Crippen LogP contribution in [0.4, 0.5) is 0 Å². The first-order valence-electron chi connectivity index (χ1n) is 6.83. The maximum Gasteiger partial charge on any atom is 0.354 e. The minimum atomic E-state index is -0.593. The highest BCUT2D eigenvalue weighted by molar-refractivity contribution is 6.03. The third kappa shape index (κ3) is 4.06. The SMILES string of the molecule is COC(=O)C(=Cc1ccccc1)NC(=O)c1ccc(C)cc1. The van der Waals surface area contributed by atoms with E-state index < -0.39 is 5.97 Å². The molecule has 0 aliphatic rings. The number of ether oxygens (including phenoxy) is 1. The van der Waals surface area contributed by atoms with Gasteiger partial charge in [0.05, 0.1) is 7.11 Å². The van der Waals surface area contributed by atoms with Gasteiger partial charge in [-0.15, -0.1) is 0 Å². The highest BCUT2D eigenvalue weighted by atomic mass is 16.5. The van der Waals surface area contributed by atoms with Crippen molar-refractivity contribution in [3.05, 3.63) is 77.0 Å². The molecule has 2 rings (SSSR count). The van der Waals surface area contributed by atoms with Crippen LogP contribution >= 0.6 is 0 Å². The molecule has 0 unspecified atom stereocenters. The van der Waals surface area contributed by atoms with Crippen molar-refractivity contribution < 1.29 is 14.3 Å². The Labute approximate surface area is 129 Å². The van der Waals surface area contributed by atoms with Gasteiger partial charge >= 0.3 is 5.97 Å². The fraction of sp³-hybridized carbons (Fsp3) is 0.111. The molecule has 0 aliphatic heterocycles. The van der Waals surface area contributed by atoms with E-state index in [1.165, 1.54) is 7.11 Å². The monoisotopic (exact) mass is 295 g/mol. The van der Waals surface area contributed by atoms with Gasteiger partial charge in [0, 0.05) is 5.56 Å². The third-order valence-electron chi connectivity index (χ3n) is 3.08. The number of carbonyl (C=O) groups excluding carboxylic acids is 2. The molecular weight excluding hydrogens is 278 g/mol. The minimum Gasteiger partial charge on any atom is -0.464 e. The first-order valence-corrected chi connectivity index (χ1v) is 6.83. The lowest BCUT2D eigenvalue weighted by atomic mass is 10.1. The summed E-state index contributed by atoms with van der Waals surface area (Å²) in [6.45, 7) is 1.94. The van der Waals surface area contributed by atoms with Gasteiger partial charge in [-0.05, 0) is 30.7 Å². The van der Waals surface area contributed by atoms with E-state index in [-0.39, 0.29) is 11.6 Å². The van der Waals surface area contributed by atoms with Crippen LogP contribution in [0.3, 0.4) is 0 Å². The van der Waals surface area contributed by atoms with Crippen LogP contribution in [-0.4, -0.2) is 19.0 Å². The van der Waals surface area contributed by atoms with Crippen LogP contribution < -0.4 is 5.32 Å². The molecule has 0 saturated heterocycles. The second-order valence-electron chi connectivity index (χ2n) is 4.78. The molecule has 112 valence electrons. The molecule has 4 nitrogen and oxygen atoms in total. The van der Waals surface area contributed by atoms with Crippen molar-refractivity contribution in [3.8, 4) is 0 Å². The van der Waals surface area contributed by atoms with Crippen LogP contribution in [0.1, 0.15) is 21.5 Å². The maximum absolute atomic E-state index is 12.2. The number of aryl methyl sites for hydroxylation is 1. The van der Waals surface area contributed by atoms with E-state index in [0.29, 0.717) is 5.56 Å². The van der Waals surface area contributed by atoms with Gasteiger partial charge in [0.2, 0.25) is 0 Å². The van der Waals surface area contributed by atoms with Crippen LogP contribution in [0.25, 0.3) is 6.08 Å². The predicted molar refractivity (Wildman–Crippen MR) is 85.1 cm³/mol. The fourth-order valence-electron chi connectivity index (χ4n) is 1.87.